The first-order valence-corrected chi connectivity index (χ1v) is 8.42. The van der Waals surface area contributed by atoms with Crippen LogP contribution in [0.15, 0.2) is 41.7 Å². The van der Waals surface area contributed by atoms with Crippen LogP contribution in [0.5, 0.6) is 0 Å². The van der Waals surface area contributed by atoms with Gasteiger partial charge in [-0.2, -0.15) is 0 Å². The minimum Gasteiger partial charge on any atom is -0.501 e. The molecule has 0 bridgehead atoms. The van der Waals surface area contributed by atoms with Gasteiger partial charge in [0.2, 0.25) is 0 Å². The lowest BCUT2D eigenvalue weighted by Gasteiger charge is -2.26. The second-order valence-corrected chi connectivity index (χ2v) is 5.93. The van der Waals surface area contributed by atoms with Gasteiger partial charge in [-0.3, -0.25) is 9.59 Å². The Hall–Kier alpha value is -2.27. The van der Waals surface area contributed by atoms with Gasteiger partial charge in [-0.05, 0) is 49.3 Å². The first-order chi connectivity index (χ1) is 12.0. The smallest absolute Gasteiger partial charge is 0.328 e. The van der Waals surface area contributed by atoms with Gasteiger partial charge in [-0.15, -0.1) is 0 Å². The third-order valence-electron chi connectivity index (χ3n) is 3.95. The number of hydrogen-bond acceptors (Lipinski definition) is 5. The Morgan fingerprint density at radius 1 is 1.12 bits per heavy atom. The SMILES string of the molecule is CCOC(=O)C1(C(=O)OCC)CC(OC)=C/C1=C/c1ccc(Cl)cc1. The number of halogens is 1. The molecule has 2 rings (SSSR count). The molecule has 25 heavy (non-hydrogen) atoms. The molecule has 1 aliphatic carbocycles. The maximum atomic E-state index is 12.7. The van der Waals surface area contributed by atoms with Crippen LogP contribution in [0.25, 0.3) is 6.08 Å². The van der Waals surface area contributed by atoms with Crippen molar-refractivity contribution in [1.29, 1.82) is 0 Å². The molecule has 0 N–H and O–H groups in total. The fourth-order valence-electron chi connectivity index (χ4n) is 2.72. The highest BCUT2D eigenvalue weighted by molar-refractivity contribution is 6.30. The Kier molecular flexibility index (Phi) is 6.26. The van der Waals surface area contributed by atoms with Crippen LogP contribution < -0.4 is 0 Å². The minimum atomic E-state index is -1.56. The number of carbonyl (C=O) groups is 2. The Morgan fingerprint density at radius 2 is 1.68 bits per heavy atom. The van der Waals surface area contributed by atoms with Crippen molar-refractivity contribution in [3.63, 3.8) is 0 Å². The molecule has 0 radical (unpaired) electrons. The maximum Gasteiger partial charge on any atom is 0.328 e. The van der Waals surface area contributed by atoms with Crippen molar-refractivity contribution in [2.45, 2.75) is 20.3 Å². The summed E-state index contributed by atoms with van der Waals surface area (Å²) in [5.41, 5.74) is -0.286. The van der Waals surface area contributed by atoms with Crippen LogP contribution in [0, 0.1) is 5.41 Å². The van der Waals surface area contributed by atoms with Crippen LogP contribution in [-0.2, 0) is 23.8 Å². The Bertz CT molecular complexity index is 685. The zero-order valence-electron chi connectivity index (χ0n) is 14.5. The van der Waals surface area contributed by atoms with E-state index in [1.54, 1.807) is 50.3 Å². The monoisotopic (exact) mass is 364 g/mol. The molecule has 0 heterocycles. The van der Waals surface area contributed by atoms with E-state index in [-0.39, 0.29) is 19.6 Å². The maximum absolute atomic E-state index is 12.7. The van der Waals surface area contributed by atoms with Crippen LogP contribution in [-0.4, -0.2) is 32.3 Å². The molecule has 134 valence electrons. The number of benzene rings is 1. The van der Waals surface area contributed by atoms with E-state index in [0.29, 0.717) is 16.4 Å². The highest BCUT2D eigenvalue weighted by Crippen LogP contribution is 2.45. The fourth-order valence-corrected chi connectivity index (χ4v) is 2.84. The van der Waals surface area contributed by atoms with Gasteiger partial charge in [0, 0.05) is 11.4 Å². The fraction of sp³-hybridized carbons (Fsp3) is 0.368. The van der Waals surface area contributed by atoms with E-state index in [1.807, 2.05) is 0 Å². The molecule has 0 spiro atoms. The van der Waals surface area contributed by atoms with E-state index >= 15 is 0 Å². The number of ether oxygens (including phenoxy) is 3. The van der Waals surface area contributed by atoms with Gasteiger partial charge in [0.1, 0.15) is 0 Å². The number of esters is 2. The average Bonchev–Trinajstić information content (AvgIpc) is 2.97. The lowest BCUT2D eigenvalue weighted by molar-refractivity contribution is -0.168. The predicted molar refractivity (Wildman–Crippen MR) is 94.8 cm³/mol. The van der Waals surface area contributed by atoms with E-state index < -0.39 is 17.4 Å². The van der Waals surface area contributed by atoms with Gasteiger partial charge in [0.15, 0.2) is 5.41 Å². The molecular weight excluding hydrogens is 344 g/mol. The van der Waals surface area contributed by atoms with Gasteiger partial charge < -0.3 is 14.2 Å². The normalized spacial score (nSPS) is 17.1. The summed E-state index contributed by atoms with van der Waals surface area (Å²) in [5.74, 6) is -0.768. The van der Waals surface area contributed by atoms with Crippen LogP contribution in [0.4, 0.5) is 0 Å². The topological polar surface area (TPSA) is 61.8 Å². The Balaban J connectivity index is 2.56. The highest BCUT2D eigenvalue weighted by Gasteiger charge is 2.55. The molecule has 0 atom stereocenters. The number of carbonyl (C=O) groups excluding carboxylic acids is 2. The van der Waals surface area contributed by atoms with Gasteiger partial charge >= 0.3 is 11.9 Å². The molecule has 0 amide bonds. The van der Waals surface area contributed by atoms with Gasteiger partial charge in [-0.25, -0.2) is 0 Å². The molecule has 1 aromatic carbocycles. The van der Waals surface area contributed by atoms with E-state index in [9.17, 15) is 9.59 Å². The molecule has 0 aromatic heterocycles. The lowest BCUT2D eigenvalue weighted by atomic mass is 9.80. The van der Waals surface area contributed by atoms with E-state index in [4.69, 9.17) is 25.8 Å². The van der Waals surface area contributed by atoms with Crippen LogP contribution in [0.2, 0.25) is 5.02 Å². The molecular formula is C19H21ClO5. The van der Waals surface area contributed by atoms with Crippen LogP contribution in [0.1, 0.15) is 25.8 Å². The summed E-state index contributed by atoms with van der Waals surface area (Å²) in [6.07, 6.45) is 3.50. The quantitative estimate of drug-likeness (QED) is 0.568. The number of rotatable bonds is 6. The predicted octanol–water partition coefficient (Wildman–Crippen LogP) is 3.77. The van der Waals surface area contributed by atoms with Gasteiger partial charge in [-0.1, -0.05) is 23.7 Å². The lowest BCUT2D eigenvalue weighted by Crippen LogP contribution is -2.41. The molecule has 0 saturated carbocycles. The molecule has 1 aromatic rings. The minimum absolute atomic E-state index is 0.0700. The van der Waals surface area contributed by atoms with Crippen molar-refractivity contribution < 1.29 is 23.8 Å². The van der Waals surface area contributed by atoms with E-state index in [1.165, 1.54) is 7.11 Å². The van der Waals surface area contributed by atoms with Crippen molar-refractivity contribution in [2.75, 3.05) is 20.3 Å². The molecule has 0 fully saturated rings. The molecule has 1 aliphatic rings. The van der Waals surface area contributed by atoms with Gasteiger partial charge in [0.25, 0.3) is 0 Å². The third kappa shape index (κ3) is 3.87. The zero-order chi connectivity index (χ0) is 18.4. The first-order valence-electron chi connectivity index (χ1n) is 8.04. The van der Waals surface area contributed by atoms with Crippen molar-refractivity contribution >= 4 is 29.6 Å². The summed E-state index contributed by atoms with van der Waals surface area (Å²) in [4.78, 5) is 25.5. The summed E-state index contributed by atoms with van der Waals surface area (Å²) in [6, 6.07) is 7.07. The molecule has 0 unspecified atom stereocenters. The highest BCUT2D eigenvalue weighted by atomic mass is 35.5. The van der Waals surface area contributed by atoms with Crippen molar-refractivity contribution in [2.24, 2.45) is 5.41 Å². The average molecular weight is 365 g/mol. The largest absolute Gasteiger partial charge is 0.501 e. The summed E-state index contributed by atoms with van der Waals surface area (Å²) >= 11 is 5.91. The van der Waals surface area contributed by atoms with E-state index in [2.05, 4.69) is 0 Å². The number of methoxy groups -OCH3 is 1. The van der Waals surface area contributed by atoms with Gasteiger partial charge in [0.05, 0.1) is 26.1 Å². The Morgan fingerprint density at radius 3 is 2.16 bits per heavy atom. The standard InChI is InChI=1S/C19H21ClO5/c1-4-24-17(21)19(18(22)25-5-2)12-16(23-3)11-14(19)10-13-6-8-15(20)9-7-13/h6-11H,4-5,12H2,1-3H3/b14-10-. The molecule has 0 saturated heterocycles. The summed E-state index contributed by atoms with van der Waals surface area (Å²) < 4.78 is 15.7. The molecule has 5 nitrogen and oxygen atoms in total. The summed E-state index contributed by atoms with van der Waals surface area (Å²) in [5, 5.41) is 0.601. The first kappa shape index (κ1) is 19.1. The summed E-state index contributed by atoms with van der Waals surface area (Å²) in [6.45, 7) is 3.71. The van der Waals surface area contributed by atoms with Crippen LogP contribution in [0.3, 0.4) is 0 Å². The van der Waals surface area contributed by atoms with Crippen molar-refractivity contribution in [3.05, 3.63) is 52.3 Å². The molecule has 0 aliphatic heterocycles. The number of allylic oxidation sites excluding steroid dienone is 2. The van der Waals surface area contributed by atoms with Crippen molar-refractivity contribution in [3.8, 4) is 0 Å². The third-order valence-corrected chi connectivity index (χ3v) is 4.20. The second kappa shape index (κ2) is 8.21. The van der Waals surface area contributed by atoms with E-state index in [0.717, 1.165) is 5.56 Å². The zero-order valence-corrected chi connectivity index (χ0v) is 15.3. The summed E-state index contributed by atoms with van der Waals surface area (Å²) in [7, 11) is 1.50. The Labute approximate surface area is 152 Å². The number of hydrogen-bond donors (Lipinski definition) is 0. The van der Waals surface area contributed by atoms with Crippen molar-refractivity contribution in [1.82, 2.24) is 0 Å². The second-order valence-electron chi connectivity index (χ2n) is 5.49. The molecule has 6 heteroatoms. The van der Waals surface area contributed by atoms with Crippen LogP contribution >= 0.6 is 11.6 Å².